The molecule has 0 radical (unpaired) electrons. The van der Waals surface area contributed by atoms with Crippen molar-refractivity contribution in [3.63, 3.8) is 0 Å². The first-order valence-corrected chi connectivity index (χ1v) is 4.76. The molecule has 0 spiro atoms. The zero-order valence-electron chi connectivity index (χ0n) is 8.90. The van der Waals surface area contributed by atoms with Crippen LogP contribution in [0.25, 0.3) is 0 Å². The van der Waals surface area contributed by atoms with E-state index in [1.54, 1.807) is 0 Å². The Bertz CT molecular complexity index is 412. The minimum absolute atomic E-state index is 0.202. The molecule has 0 saturated carbocycles. The zero-order valence-corrected chi connectivity index (χ0v) is 8.90. The lowest BCUT2D eigenvalue weighted by Gasteiger charge is -2.12. The summed E-state index contributed by atoms with van der Waals surface area (Å²) in [6.07, 6.45) is -10.1. The van der Waals surface area contributed by atoms with Crippen molar-refractivity contribution >= 4 is 5.69 Å². The van der Waals surface area contributed by atoms with Gasteiger partial charge in [-0.15, -0.1) is 0 Å². The highest BCUT2D eigenvalue weighted by atomic mass is 19.4. The summed E-state index contributed by atoms with van der Waals surface area (Å²) in [5.41, 5.74) is 3.92. The van der Waals surface area contributed by atoms with Gasteiger partial charge in [0.15, 0.2) is 0 Å². The van der Waals surface area contributed by atoms with E-state index < -0.39 is 30.9 Å². The molecular formula is C10H9F6NO. The summed E-state index contributed by atoms with van der Waals surface area (Å²) >= 11 is 0. The Kier molecular flexibility index (Phi) is 3.98. The summed E-state index contributed by atoms with van der Waals surface area (Å²) in [7, 11) is 0. The number of hydrogen-bond acceptors (Lipinski definition) is 2. The average Bonchev–Trinajstić information content (AvgIpc) is 2.17. The summed E-state index contributed by atoms with van der Waals surface area (Å²) in [4.78, 5) is 0. The third kappa shape index (κ3) is 4.34. The molecule has 2 N–H and O–H groups in total. The molecule has 0 bridgehead atoms. The van der Waals surface area contributed by atoms with Gasteiger partial charge < -0.3 is 10.5 Å². The van der Waals surface area contributed by atoms with Crippen molar-refractivity contribution in [3.05, 3.63) is 23.8 Å². The van der Waals surface area contributed by atoms with Gasteiger partial charge in [-0.1, -0.05) is 0 Å². The van der Waals surface area contributed by atoms with Crippen LogP contribution in [0.5, 0.6) is 5.75 Å². The van der Waals surface area contributed by atoms with E-state index in [9.17, 15) is 26.3 Å². The minimum atomic E-state index is -4.56. The van der Waals surface area contributed by atoms with Crippen molar-refractivity contribution in [2.24, 2.45) is 0 Å². The monoisotopic (exact) mass is 273 g/mol. The van der Waals surface area contributed by atoms with Crippen LogP contribution in [0.1, 0.15) is 12.0 Å². The zero-order chi connectivity index (χ0) is 14.0. The van der Waals surface area contributed by atoms with Crippen LogP contribution in [0.15, 0.2) is 18.2 Å². The average molecular weight is 273 g/mol. The van der Waals surface area contributed by atoms with Crippen molar-refractivity contribution in [1.82, 2.24) is 0 Å². The second-order valence-electron chi connectivity index (χ2n) is 3.46. The number of hydrogen-bond donors (Lipinski definition) is 1. The number of alkyl halides is 6. The number of halogens is 6. The first kappa shape index (κ1) is 14.5. The maximum Gasteiger partial charge on any atom is 0.416 e. The Morgan fingerprint density at radius 3 is 2.11 bits per heavy atom. The third-order valence-corrected chi connectivity index (χ3v) is 1.98. The fraction of sp³-hybridized carbons (Fsp3) is 0.400. The van der Waals surface area contributed by atoms with Crippen molar-refractivity contribution < 1.29 is 31.1 Å². The Hall–Kier alpha value is -1.60. The van der Waals surface area contributed by atoms with E-state index >= 15 is 0 Å². The molecule has 2 nitrogen and oxygen atoms in total. The van der Waals surface area contributed by atoms with Crippen LogP contribution in [-0.4, -0.2) is 12.8 Å². The Balaban J connectivity index is 2.69. The van der Waals surface area contributed by atoms with E-state index in [1.165, 1.54) is 0 Å². The molecule has 0 saturated heterocycles. The van der Waals surface area contributed by atoms with Crippen LogP contribution >= 0.6 is 0 Å². The normalized spacial score (nSPS) is 12.6. The first-order chi connectivity index (χ1) is 8.09. The van der Waals surface area contributed by atoms with E-state index in [-0.39, 0.29) is 11.4 Å². The smallest absolute Gasteiger partial charge is 0.416 e. The van der Waals surface area contributed by atoms with Crippen LogP contribution < -0.4 is 10.5 Å². The third-order valence-electron chi connectivity index (χ3n) is 1.98. The molecule has 1 aromatic carbocycles. The standard InChI is InChI=1S/C10H9F6NO/c11-9(12,13)3-4-18-8-2-1-6(5-7(8)17)10(14,15)16/h1-2,5H,3-4,17H2. The number of nitrogen functional groups attached to an aromatic ring is 1. The fourth-order valence-corrected chi connectivity index (χ4v) is 1.13. The van der Waals surface area contributed by atoms with Crippen LogP contribution in [-0.2, 0) is 6.18 Å². The maximum atomic E-state index is 12.3. The molecule has 0 aliphatic heterocycles. The largest absolute Gasteiger partial charge is 0.491 e. The fourth-order valence-electron chi connectivity index (χ4n) is 1.13. The van der Waals surface area contributed by atoms with Crippen LogP contribution in [0.4, 0.5) is 32.0 Å². The van der Waals surface area contributed by atoms with Crippen molar-refractivity contribution in [2.45, 2.75) is 18.8 Å². The van der Waals surface area contributed by atoms with Crippen molar-refractivity contribution in [1.29, 1.82) is 0 Å². The lowest BCUT2D eigenvalue weighted by atomic mass is 10.2. The van der Waals surface area contributed by atoms with Gasteiger partial charge in [-0.3, -0.25) is 0 Å². The number of anilines is 1. The highest BCUT2D eigenvalue weighted by Gasteiger charge is 2.31. The molecule has 1 rings (SSSR count). The van der Waals surface area contributed by atoms with E-state index in [2.05, 4.69) is 4.74 Å². The van der Waals surface area contributed by atoms with Crippen molar-refractivity contribution in [2.75, 3.05) is 12.3 Å². The summed E-state index contributed by atoms with van der Waals surface area (Å²) < 4.78 is 76.9. The highest BCUT2D eigenvalue weighted by Crippen LogP contribution is 2.33. The van der Waals surface area contributed by atoms with Gasteiger partial charge in [0, 0.05) is 0 Å². The van der Waals surface area contributed by atoms with Gasteiger partial charge in [0.2, 0.25) is 0 Å². The summed E-state index contributed by atoms with van der Waals surface area (Å²) in [5, 5.41) is 0. The number of benzene rings is 1. The van der Waals surface area contributed by atoms with E-state index in [0.29, 0.717) is 12.1 Å². The van der Waals surface area contributed by atoms with Gasteiger partial charge in [-0.2, -0.15) is 26.3 Å². The van der Waals surface area contributed by atoms with Crippen LogP contribution in [0.2, 0.25) is 0 Å². The quantitative estimate of drug-likeness (QED) is 0.674. The highest BCUT2D eigenvalue weighted by molar-refractivity contribution is 5.54. The van der Waals surface area contributed by atoms with Crippen LogP contribution in [0, 0.1) is 0 Å². The molecule has 0 aromatic heterocycles. The molecule has 0 unspecified atom stereocenters. The number of rotatable bonds is 3. The molecule has 1 aromatic rings. The molecule has 102 valence electrons. The van der Waals surface area contributed by atoms with Gasteiger partial charge in [0.05, 0.1) is 24.3 Å². The molecule has 0 aliphatic rings. The maximum absolute atomic E-state index is 12.3. The Labute approximate surface area is 98.3 Å². The van der Waals surface area contributed by atoms with Gasteiger partial charge in [0.1, 0.15) is 5.75 Å². The molecular weight excluding hydrogens is 264 g/mol. The predicted molar refractivity (Wildman–Crippen MR) is 52.0 cm³/mol. The van der Waals surface area contributed by atoms with E-state index in [1.807, 2.05) is 0 Å². The summed E-state index contributed by atoms with van der Waals surface area (Å²) in [6.45, 7) is -0.695. The minimum Gasteiger partial charge on any atom is -0.491 e. The van der Waals surface area contributed by atoms with Gasteiger partial charge in [-0.25, -0.2) is 0 Å². The van der Waals surface area contributed by atoms with E-state index in [4.69, 9.17) is 5.73 Å². The first-order valence-electron chi connectivity index (χ1n) is 4.76. The molecule has 0 amide bonds. The topological polar surface area (TPSA) is 35.2 Å². The second-order valence-corrected chi connectivity index (χ2v) is 3.46. The van der Waals surface area contributed by atoms with Gasteiger partial charge in [0.25, 0.3) is 0 Å². The Morgan fingerprint density at radius 1 is 1.06 bits per heavy atom. The molecule has 0 fully saturated rings. The lowest BCUT2D eigenvalue weighted by Crippen LogP contribution is -2.13. The molecule has 0 heterocycles. The van der Waals surface area contributed by atoms with Crippen molar-refractivity contribution in [3.8, 4) is 5.75 Å². The number of nitrogens with two attached hydrogens (primary N) is 1. The second kappa shape index (κ2) is 4.95. The molecule has 0 atom stereocenters. The lowest BCUT2D eigenvalue weighted by molar-refractivity contribution is -0.139. The van der Waals surface area contributed by atoms with E-state index in [0.717, 1.165) is 6.07 Å². The Morgan fingerprint density at radius 2 is 1.67 bits per heavy atom. The molecule has 18 heavy (non-hydrogen) atoms. The van der Waals surface area contributed by atoms with Gasteiger partial charge in [-0.05, 0) is 18.2 Å². The summed E-state index contributed by atoms with van der Waals surface area (Å²) in [6, 6.07) is 2.21. The summed E-state index contributed by atoms with van der Waals surface area (Å²) in [5.74, 6) is -0.202. The predicted octanol–water partition coefficient (Wildman–Crippen LogP) is 3.62. The molecule has 0 aliphatic carbocycles. The van der Waals surface area contributed by atoms with Crippen LogP contribution in [0.3, 0.4) is 0 Å². The SMILES string of the molecule is Nc1cc(C(F)(F)F)ccc1OCCC(F)(F)F. The molecule has 8 heteroatoms. The van der Waals surface area contributed by atoms with Gasteiger partial charge >= 0.3 is 12.4 Å². The number of ether oxygens (including phenoxy) is 1.